The minimum Gasteiger partial charge on any atom is -0.504 e. The molecule has 2 N–H and O–H groups in total. The van der Waals surface area contributed by atoms with Gasteiger partial charge in [-0.25, -0.2) is 0 Å². The van der Waals surface area contributed by atoms with Gasteiger partial charge in [-0.1, -0.05) is 36.4 Å². The van der Waals surface area contributed by atoms with Crippen molar-refractivity contribution in [3.8, 4) is 11.5 Å². The molecule has 2 aromatic rings. The van der Waals surface area contributed by atoms with Crippen molar-refractivity contribution >= 4 is 0 Å². The van der Waals surface area contributed by atoms with Crippen LogP contribution in [0.4, 0.5) is 0 Å². The summed E-state index contributed by atoms with van der Waals surface area (Å²) in [6.45, 7) is 8.24. The summed E-state index contributed by atoms with van der Waals surface area (Å²) in [7, 11) is 1.57. The second-order valence-corrected chi connectivity index (χ2v) is 7.42. The van der Waals surface area contributed by atoms with Gasteiger partial charge in [-0.15, -0.1) is 6.58 Å². The number of aromatic hydroxyl groups is 1. The number of ether oxygens (including phenoxy) is 1. The normalized spacial score (nSPS) is 16.9. The van der Waals surface area contributed by atoms with Crippen molar-refractivity contribution in [3.63, 3.8) is 0 Å². The number of piperidine rings is 1. The summed E-state index contributed by atoms with van der Waals surface area (Å²) in [6.07, 6.45) is 3.81. The first-order valence-corrected chi connectivity index (χ1v) is 9.47. The molecule has 4 heteroatoms. The van der Waals surface area contributed by atoms with Crippen LogP contribution >= 0.6 is 0 Å². The maximum Gasteiger partial charge on any atom is 0.161 e. The lowest BCUT2D eigenvalue weighted by atomic mass is 9.82. The molecule has 2 aromatic carbocycles. The van der Waals surface area contributed by atoms with Crippen molar-refractivity contribution in [2.24, 2.45) is 0 Å². The fraction of sp³-hybridized carbons (Fsp3) is 0.391. The highest BCUT2D eigenvalue weighted by Crippen LogP contribution is 2.36. The molecule has 0 unspecified atom stereocenters. The van der Waals surface area contributed by atoms with E-state index in [1.807, 2.05) is 30.3 Å². The minimum atomic E-state index is -0.748. The van der Waals surface area contributed by atoms with Crippen molar-refractivity contribution < 1.29 is 14.9 Å². The van der Waals surface area contributed by atoms with Crippen molar-refractivity contribution in [1.82, 2.24) is 4.90 Å². The van der Waals surface area contributed by atoms with Crippen molar-refractivity contribution in [2.75, 3.05) is 20.2 Å². The molecule has 3 rings (SSSR count). The zero-order valence-corrected chi connectivity index (χ0v) is 16.2. The number of nitrogens with zero attached hydrogens (tertiary/aromatic N) is 1. The number of rotatable bonds is 6. The van der Waals surface area contributed by atoms with Crippen molar-refractivity contribution in [3.05, 3.63) is 71.3 Å². The molecule has 4 nitrogen and oxygen atoms in total. The van der Waals surface area contributed by atoms with Gasteiger partial charge in [0.25, 0.3) is 0 Å². The summed E-state index contributed by atoms with van der Waals surface area (Å²) in [5.41, 5.74) is 3.37. The molecule has 0 aliphatic carbocycles. The molecule has 0 aromatic heterocycles. The van der Waals surface area contributed by atoms with Gasteiger partial charge < -0.3 is 14.9 Å². The lowest BCUT2D eigenvalue weighted by Crippen LogP contribution is -2.42. The van der Waals surface area contributed by atoms with Gasteiger partial charge in [-0.2, -0.15) is 0 Å². The van der Waals surface area contributed by atoms with Crippen LogP contribution in [0.25, 0.3) is 0 Å². The number of phenolic OH excluding ortho intramolecular Hbond substituents is 1. The lowest BCUT2D eigenvalue weighted by Gasteiger charge is -2.39. The van der Waals surface area contributed by atoms with Crippen LogP contribution in [0.1, 0.15) is 35.1 Å². The molecule has 0 spiro atoms. The summed E-state index contributed by atoms with van der Waals surface area (Å²) in [4.78, 5) is 2.34. The number of likely N-dealkylation sites (tertiary alicyclic amines) is 1. The zero-order chi connectivity index (χ0) is 19.4. The molecule has 0 radical (unpaired) electrons. The van der Waals surface area contributed by atoms with Gasteiger partial charge in [-0.3, -0.25) is 4.90 Å². The van der Waals surface area contributed by atoms with Crippen LogP contribution in [0.3, 0.4) is 0 Å². The number of hydrogen-bond donors (Lipinski definition) is 2. The largest absolute Gasteiger partial charge is 0.504 e. The van der Waals surface area contributed by atoms with E-state index in [-0.39, 0.29) is 5.75 Å². The monoisotopic (exact) mass is 367 g/mol. The Bertz CT molecular complexity index is 807. The molecule has 0 saturated carbocycles. The first-order chi connectivity index (χ1) is 13.0. The van der Waals surface area contributed by atoms with E-state index in [9.17, 15) is 10.2 Å². The molecular weight excluding hydrogens is 338 g/mol. The molecule has 0 amide bonds. The quantitative estimate of drug-likeness (QED) is 0.760. The van der Waals surface area contributed by atoms with Crippen LogP contribution in [0.2, 0.25) is 0 Å². The number of aliphatic hydroxyl groups is 1. The molecule has 1 saturated heterocycles. The van der Waals surface area contributed by atoms with Crippen LogP contribution in [-0.2, 0) is 18.6 Å². The average molecular weight is 367 g/mol. The SMILES string of the molecule is C=CCc1cc(CN2CCC(O)(c3ccccc3C)CC2)cc(OC)c1O. The first kappa shape index (κ1) is 19.5. The van der Waals surface area contributed by atoms with E-state index in [1.165, 1.54) is 0 Å². The summed E-state index contributed by atoms with van der Waals surface area (Å²) >= 11 is 0. The fourth-order valence-electron chi connectivity index (χ4n) is 3.99. The van der Waals surface area contributed by atoms with E-state index in [4.69, 9.17) is 4.74 Å². The molecule has 1 aliphatic rings. The second-order valence-electron chi connectivity index (χ2n) is 7.42. The summed E-state index contributed by atoms with van der Waals surface area (Å²) in [5, 5.41) is 21.4. The van der Waals surface area contributed by atoms with Crippen LogP contribution in [-0.4, -0.2) is 35.3 Å². The number of benzene rings is 2. The summed E-state index contributed by atoms with van der Waals surface area (Å²) in [6, 6.07) is 12.0. The maximum atomic E-state index is 11.1. The molecule has 1 aliphatic heterocycles. The van der Waals surface area contributed by atoms with Gasteiger partial charge >= 0.3 is 0 Å². The molecule has 1 fully saturated rings. The van der Waals surface area contributed by atoms with Crippen LogP contribution in [0, 0.1) is 6.92 Å². The highest BCUT2D eigenvalue weighted by atomic mass is 16.5. The van der Waals surface area contributed by atoms with Gasteiger partial charge in [0, 0.05) is 25.2 Å². The van der Waals surface area contributed by atoms with Crippen LogP contribution in [0.15, 0.2) is 49.1 Å². The second kappa shape index (κ2) is 8.15. The lowest BCUT2D eigenvalue weighted by molar-refractivity contribution is -0.0282. The van der Waals surface area contributed by atoms with Gasteiger partial charge in [0.15, 0.2) is 11.5 Å². The van der Waals surface area contributed by atoms with E-state index in [0.717, 1.165) is 41.9 Å². The number of hydrogen-bond acceptors (Lipinski definition) is 4. The predicted molar refractivity (Wildman–Crippen MR) is 108 cm³/mol. The van der Waals surface area contributed by atoms with E-state index in [2.05, 4.69) is 24.5 Å². The third-order valence-electron chi connectivity index (χ3n) is 5.53. The van der Waals surface area contributed by atoms with E-state index >= 15 is 0 Å². The molecule has 0 atom stereocenters. The van der Waals surface area contributed by atoms with Gasteiger partial charge in [0.05, 0.1) is 12.7 Å². The molecule has 0 bridgehead atoms. The number of methoxy groups -OCH3 is 1. The minimum absolute atomic E-state index is 0.189. The third kappa shape index (κ3) is 4.18. The summed E-state index contributed by atoms with van der Waals surface area (Å²) in [5.74, 6) is 0.687. The van der Waals surface area contributed by atoms with E-state index in [1.54, 1.807) is 13.2 Å². The zero-order valence-electron chi connectivity index (χ0n) is 16.2. The highest BCUT2D eigenvalue weighted by Gasteiger charge is 2.34. The Balaban J connectivity index is 1.71. The maximum absolute atomic E-state index is 11.1. The van der Waals surface area contributed by atoms with Crippen LogP contribution < -0.4 is 4.74 Å². The van der Waals surface area contributed by atoms with Crippen molar-refractivity contribution in [1.29, 1.82) is 0 Å². The Labute approximate surface area is 161 Å². The molecular formula is C23H29NO3. The number of allylic oxidation sites excluding steroid dienone is 1. The van der Waals surface area contributed by atoms with Gasteiger partial charge in [0.1, 0.15) is 0 Å². The topological polar surface area (TPSA) is 52.9 Å². The fourth-order valence-corrected chi connectivity index (χ4v) is 3.99. The van der Waals surface area contributed by atoms with Gasteiger partial charge in [0.2, 0.25) is 0 Å². The molecule has 1 heterocycles. The Morgan fingerprint density at radius 1 is 1.22 bits per heavy atom. The summed E-state index contributed by atoms with van der Waals surface area (Å²) < 4.78 is 5.32. The Morgan fingerprint density at radius 2 is 1.93 bits per heavy atom. The Kier molecular flexibility index (Phi) is 5.88. The molecule has 144 valence electrons. The third-order valence-corrected chi connectivity index (χ3v) is 5.53. The Hall–Kier alpha value is -2.30. The van der Waals surface area contributed by atoms with E-state index < -0.39 is 5.60 Å². The van der Waals surface area contributed by atoms with Gasteiger partial charge in [-0.05, 0) is 48.9 Å². The first-order valence-electron chi connectivity index (χ1n) is 9.47. The standard InChI is InChI=1S/C23H29NO3/c1-4-7-19-14-18(15-21(27-3)22(19)25)16-24-12-10-23(26,11-13-24)20-9-6-5-8-17(20)2/h4-6,8-9,14-15,25-26H,1,7,10-13,16H2,2-3H3. The predicted octanol–water partition coefficient (Wildman–Crippen LogP) is 3.92. The number of phenols is 1. The molecule has 27 heavy (non-hydrogen) atoms. The van der Waals surface area contributed by atoms with Crippen molar-refractivity contribution in [2.45, 2.75) is 38.3 Å². The average Bonchev–Trinajstić information content (AvgIpc) is 2.66. The number of aryl methyl sites for hydroxylation is 1. The van der Waals surface area contributed by atoms with Crippen LogP contribution in [0.5, 0.6) is 11.5 Å². The highest BCUT2D eigenvalue weighted by molar-refractivity contribution is 5.49. The van der Waals surface area contributed by atoms with E-state index in [0.29, 0.717) is 25.0 Å². The smallest absolute Gasteiger partial charge is 0.161 e. The Morgan fingerprint density at radius 3 is 2.56 bits per heavy atom.